The highest BCUT2D eigenvalue weighted by molar-refractivity contribution is 6.01. The maximum atomic E-state index is 14.8. The number of carbonyl (C=O) groups excluding carboxylic acids is 2. The lowest BCUT2D eigenvalue weighted by Crippen LogP contribution is -2.49. The van der Waals surface area contributed by atoms with Gasteiger partial charge in [0.05, 0.1) is 37.2 Å². The summed E-state index contributed by atoms with van der Waals surface area (Å²) in [6.07, 6.45) is 2.00. The number of hydrogen-bond donors (Lipinski definition) is 0. The quantitative estimate of drug-likeness (QED) is 0.183. The van der Waals surface area contributed by atoms with E-state index in [1.165, 1.54) is 0 Å². The predicted molar refractivity (Wildman–Crippen MR) is 176 cm³/mol. The molecule has 1 atom stereocenters. The summed E-state index contributed by atoms with van der Waals surface area (Å²) in [5.74, 6) is 0.410. The van der Waals surface area contributed by atoms with Crippen molar-refractivity contribution in [2.75, 3.05) is 25.7 Å². The molecule has 228 valence electrons. The van der Waals surface area contributed by atoms with E-state index in [1.54, 1.807) is 19.1 Å². The smallest absolute Gasteiger partial charge is 0.247 e. The number of methoxy groups -OCH3 is 2. The van der Waals surface area contributed by atoms with Crippen molar-refractivity contribution in [3.8, 4) is 17.2 Å². The molecule has 2 heterocycles. The van der Waals surface area contributed by atoms with E-state index in [2.05, 4.69) is 4.57 Å². The molecule has 45 heavy (non-hydrogen) atoms. The fourth-order valence-corrected chi connectivity index (χ4v) is 6.28. The van der Waals surface area contributed by atoms with Crippen LogP contribution in [0.5, 0.6) is 11.5 Å². The third kappa shape index (κ3) is 5.57. The molecule has 2 amide bonds. The summed E-state index contributed by atoms with van der Waals surface area (Å²) in [4.78, 5) is 32.9. The van der Waals surface area contributed by atoms with Crippen molar-refractivity contribution in [3.63, 3.8) is 0 Å². The number of ether oxygens (including phenoxy) is 2. The molecule has 1 aliphatic rings. The summed E-state index contributed by atoms with van der Waals surface area (Å²) in [6, 6.07) is 36.2. The van der Waals surface area contributed by atoms with Crippen molar-refractivity contribution in [1.82, 2.24) is 9.47 Å². The summed E-state index contributed by atoms with van der Waals surface area (Å²) in [5, 5.41) is 0. The molecule has 0 saturated carbocycles. The second-order valence-corrected chi connectivity index (χ2v) is 11.4. The number of hydrogen-bond acceptors (Lipinski definition) is 4. The highest BCUT2D eigenvalue weighted by atomic mass is 16.5. The Labute approximate surface area is 264 Å². The molecule has 0 fully saturated rings. The maximum Gasteiger partial charge on any atom is 0.247 e. The second kappa shape index (κ2) is 12.7. The number of amides is 2. The van der Waals surface area contributed by atoms with E-state index in [-0.39, 0.29) is 24.4 Å². The van der Waals surface area contributed by atoms with Gasteiger partial charge in [0.2, 0.25) is 11.8 Å². The van der Waals surface area contributed by atoms with Crippen molar-refractivity contribution < 1.29 is 19.1 Å². The van der Waals surface area contributed by atoms with Gasteiger partial charge in [0.25, 0.3) is 0 Å². The lowest BCUT2D eigenvalue weighted by Gasteiger charge is -2.40. The van der Waals surface area contributed by atoms with Gasteiger partial charge in [-0.1, -0.05) is 72.8 Å². The molecule has 0 aliphatic carbocycles. The first-order chi connectivity index (χ1) is 21.9. The van der Waals surface area contributed by atoms with E-state index in [1.807, 2.05) is 140 Å². The Balaban J connectivity index is 1.45. The van der Waals surface area contributed by atoms with Gasteiger partial charge < -0.3 is 18.9 Å². The van der Waals surface area contributed by atoms with Crippen LogP contribution in [0, 0.1) is 0 Å². The average molecular weight is 600 g/mol. The number of nitrogens with zero attached hydrogens (tertiary/aromatic N) is 3. The number of benzene rings is 4. The minimum absolute atomic E-state index is 0.107. The zero-order valence-corrected chi connectivity index (χ0v) is 26.0. The third-order valence-electron chi connectivity index (χ3n) is 8.44. The van der Waals surface area contributed by atoms with Crippen LogP contribution < -0.4 is 14.4 Å². The Hall–Kier alpha value is -5.30. The Kier molecular flexibility index (Phi) is 8.43. The lowest BCUT2D eigenvalue weighted by atomic mass is 9.89. The van der Waals surface area contributed by atoms with Crippen LogP contribution in [-0.4, -0.2) is 48.1 Å². The highest BCUT2D eigenvalue weighted by Gasteiger charge is 2.39. The zero-order valence-electron chi connectivity index (χ0n) is 26.0. The highest BCUT2D eigenvalue weighted by Crippen LogP contribution is 2.45. The van der Waals surface area contributed by atoms with Gasteiger partial charge in [-0.3, -0.25) is 14.5 Å². The van der Waals surface area contributed by atoms with E-state index in [0.717, 1.165) is 33.8 Å². The van der Waals surface area contributed by atoms with Gasteiger partial charge in [-0.15, -0.1) is 0 Å². The van der Waals surface area contributed by atoms with Gasteiger partial charge in [0.1, 0.15) is 24.1 Å². The average Bonchev–Trinajstić information content (AvgIpc) is 3.57. The summed E-state index contributed by atoms with van der Waals surface area (Å²) >= 11 is 0. The molecule has 4 aromatic carbocycles. The molecular weight excluding hydrogens is 562 g/mol. The van der Waals surface area contributed by atoms with Crippen molar-refractivity contribution in [3.05, 3.63) is 144 Å². The Morgan fingerprint density at radius 3 is 1.98 bits per heavy atom. The molecule has 1 unspecified atom stereocenters. The second-order valence-electron chi connectivity index (χ2n) is 11.4. The number of para-hydroxylation sites is 2. The van der Waals surface area contributed by atoms with Crippen LogP contribution in [0.25, 0.3) is 5.69 Å². The maximum absolute atomic E-state index is 14.8. The Morgan fingerprint density at radius 2 is 1.38 bits per heavy atom. The Bertz CT molecular complexity index is 1760. The standard InChI is InChI=1S/C38H37N3O4/c1-26(2)40(38(43)36(27-14-7-5-8-15-27)28-16-9-6-10-17-28)25-35(42)41-32-19-12-11-18-31(32)39-23-13-20-33(39)37(41)30-24-29(44-3)21-22-34(30)45-4/h5-24,26,36-37H,25H2,1-4H3. The van der Waals surface area contributed by atoms with E-state index in [4.69, 9.17) is 9.47 Å². The number of fused-ring (bicyclic) bond motifs is 3. The number of anilines is 1. The summed E-state index contributed by atoms with van der Waals surface area (Å²) in [5.41, 5.74) is 5.09. The molecule has 7 heteroatoms. The van der Waals surface area contributed by atoms with Gasteiger partial charge in [-0.2, -0.15) is 0 Å². The van der Waals surface area contributed by atoms with Gasteiger partial charge in [0, 0.05) is 17.8 Å². The largest absolute Gasteiger partial charge is 0.497 e. The molecule has 7 nitrogen and oxygen atoms in total. The number of carbonyl (C=O) groups is 2. The summed E-state index contributed by atoms with van der Waals surface area (Å²) in [6.45, 7) is 3.80. The molecule has 0 bridgehead atoms. The van der Waals surface area contributed by atoms with Crippen molar-refractivity contribution in [1.29, 1.82) is 0 Å². The fraction of sp³-hybridized carbons (Fsp3) is 0.211. The summed E-state index contributed by atoms with van der Waals surface area (Å²) in [7, 11) is 3.25. The fourth-order valence-electron chi connectivity index (χ4n) is 6.28. The molecule has 1 aromatic heterocycles. The predicted octanol–water partition coefficient (Wildman–Crippen LogP) is 7.00. The third-order valence-corrected chi connectivity index (χ3v) is 8.44. The van der Waals surface area contributed by atoms with E-state index in [0.29, 0.717) is 11.5 Å². The Morgan fingerprint density at radius 1 is 0.756 bits per heavy atom. The van der Waals surface area contributed by atoms with Crippen LogP contribution in [0.2, 0.25) is 0 Å². The topological polar surface area (TPSA) is 64.0 Å². The minimum Gasteiger partial charge on any atom is -0.497 e. The zero-order chi connectivity index (χ0) is 31.5. The van der Waals surface area contributed by atoms with Crippen LogP contribution in [0.15, 0.2) is 121 Å². The molecule has 0 radical (unpaired) electrons. The monoisotopic (exact) mass is 599 g/mol. The van der Waals surface area contributed by atoms with Crippen LogP contribution in [0.4, 0.5) is 5.69 Å². The van der Waals surface area contributed by atoms with Gasteiger partial charge in [0.15, 0.2) is 0 Å². The normalized spacial score (nSPS) is 13.7. The van der Waals surface area contributed by atoms with Crippen LogP contribution in [0.1, 0.15) is 48.2 Å². The van der Waals surface area contributed by atoms with Crippen LogP contribution in [0.3, 0.4) is 0 Å². The van der Waals surface area contributed by atoms with Gasteiger partial charge in [-0.05, 0) is 67.4 Å². The van der Waals surface area contributed by atoms with E-state index in [9.17, 15) is 9.59 Å². The molecule has 0 saturated heterocycles. The molecule has 0 N–H and O–H groups in total. The number of aromatic nitrogens is 1. The molecule has 1 aliphatic heterocycles. The first-order valence-electron chi connectivity index (χ1n) is 15.1. The van der Waals surface area contributed by atoms with Crippen LogP contribution in [-0.2, 0) is 9.59 Å². The van der Waals surface area contributed by atoms with Crippen LogP contribution >= 0.6 is 0 Å². The number of rotatable bonds is 9. The minimum atomic E-state index is -0.553. The lowest BCUT2D eigenvalue weighted by molar-refractivity contribution is -0.137. The summed E-state index contributed by atoms with van der Waals surface area (Å²) < 4.78 is 13.5. The molecule has 5 aromatic rings. The van der Waals surface area contributed by atoms with Crippen molar-refractivity contribution >= 4 is 17.5 Å². The molecule has 6 rings (SSSR count). The first-order valence-corrected chi connectivity index (χ1v) is 15.1. The van der Waals surface area contributed by atoms with E-state index < -0.39 is 12.0 Å². The van der Waals surface area contributed by atoms with Gasteiger partial charge in [-0.25, -0.2) is 0 Å². The first kappa shape index (κ1) is 29.8. The SMILES string of the molecule is COc1ccc(OC)c(C2c3cccn3-c3ccccc3N2C(=O)CN(C(=O)C(c2ccccc2)c2ccccc2)C(C)C)c1. The van der Waals surface area contributed by atoms with Crippen molar-refractivity contribution in [2.24, 2.45) is 0 Å². The molecular formula is C38H37N3O4. The van der Waals surface area contributed by atoms with E-state index >= 15 is 0 Å². The molecule has 0 spiro atoms. The van der Waals surface area contributed by atoms with Gasteiger partial charge >= 0.3 is 0 Å². The van der Waals surface area contributed by atoms with Crippen molar-refractivity contribution in [2.45, 2.75) is 31.8 Å².